The van der Waals surface area contributed by atoms with Gasteiger partial charge in [-0.25, -0.2) is 0 Å². The zero-order valence-corrected chi connectivity index (χ0v) is 17.0. The van der Waals surface area contributed by atoms with Crippen LogP contribution >= 0.6 is 0 Å². The number of primary amides is 2. The first-order valence-corrected chi connectivity index (χ1v) is 9.31. The van der Waals surface area contributed by atoms with Crippen molar-refractivity contribution < 1.29 is 33.9 Å². The Morgan fingerprint density at radius 2 is 1.47 bits per heavy atom. The highest BCUT2D eigenvalue weighted by atomic mass is 16.4. The van der Waals surface area contributed by atoms with Gasteiger partial charge >= 0.3 is 5.97 Å². The number of rotatable bonds is 14. The van der Waals surface area contributed by atoms with E-state index in [9.17, 15) is 28.8 Å². The highest BCUT2D eigenvalue weighted by Gasteiger charge is 2.30. The molecule has 0 aliphatic carbocycles. The van der Waals surface area contributed by atoms with Crippen LogP contribution in [0.25, 0.3) is 0 Å². The molecule has 4 unspecified atom stereocenters. The fourth-order valence-electron chi connectivity index (χ4n) is 2.30. The van der Waals surface area contributed by atoms with Crippen molar-refractivity contribution in [3.8, 4) is 0 Å². The highest BCUT2D eigenvalue weighted by molar-refractivity contribution is 5.96. The summed E-state index contributed by atoms with van der Waals surface area (Å²) in [5.41, 5.74) is 16.0. The van der Waals surface area contributed by atoms with Crippen LogP contribution in [0.2, 0.25) is 0 Å². The van der Waals surface area contributed by atoms with Crippen LogP contribution in [0.3, 0.4) is 0 Å². The topological polar surface area (TPSA) is 237 Å². The molecule has 13 heteroatoms. The number of carboxylic acid groups (broad SMARTS) is 1. The van der Waals surface area contributed by atoms with Crippen LogP contribution in [0.5, 0.6) is 0 Å². The van der Waals surface area contributed by atoms with E-state index >= 15 is 0 Å². The maximum Gasteiger partial charge on any atom is 0.322 e. The second kappa shape index (κ2) is 13.1. The molecule has 0 radical (unpaired) electrons. The second-order valence-corrected chi connectivity index (χ2v) is 6.82. The Bertz CT molecular complexity index is 669. The number of carbonyl (C=O) groups excluding carboxylic acids is 5. The molecule has 0 heterocycles. The number of nitrogens with one attached hydrogen (secondary N) is 3. The smallest absolute Gasteiger partial charge is 0.322 e. The summed E-state index contributed by atoms with van der Waals surface area (Å²) in [6.07, 6.45) is -0.475. The Balaban J connectivity index is 5.36. The summed E-state index contributed by atoms with van der Waals surface area (Å²) in [4.78, 5) is 70.0. The van der Waals surface area contributed by atoms with Gasteiger partial charge in [0.15, 0.2) is 0 Å². The molecule has 4 atom stereocenters. The van der Waals surface area contributed by atoms with Gasteiger partial charge in [-0.3, -0.25) is 28.8 Å². The number of nitrogens with two attached hydrogens (primary N) is 3. The molecule has 0 aromatic heterocycles. The van der Waals surface area contributed by atoms with Crippen molar-refractivity contribution in [3.05, 3.63) is 0 Å². The fourth-order valence-corrected chi connectivity index (χ4v) is 2.30. The van der Waals surface area contributed by atoms with Crippen molar-refractivity contribution in [1.82, 2.24) is 16.0 Å². The van der Waals surface area contributed by atoms with Crippen LogP contribution in [0.1, 0.15) is 39.5 Å². The van der Waals surface area contributed by atoms with Crippen LogP contribution in [-0.2, 0) is 28.8 Å². The average Bonchev–Trinajstić information content (AvgIpc) is 2.66. The predicted octanol–water partition coefficient (Wildman–Crippen LogP) is -3.33. The number of carboxylic acids is 1. The summed E-state index contributed by atoms with van der Waals surface area (Å²) in [6.45, 7) is 2.84. The Morgan fingerprint density at radius 3 is 1.93 bits per heavy atom. The van der Waals surface area contributed by atoms with Crippen LogP contribution in [-0.4, -0.2) is 65.3 Å². The largest absolute Gasteiger partial charge is 0.480 e. The number of hydrogen-bond donors (Lipinski definition) is 7. The molecule has 10 N–H and O–H groups in total. The van der Waals surface area contributed by atoms with Gasteiger partial charge in [-0.1, -0.05) is 20.3 Å². The minimum absolute atomic E-state index is 0.201. The summed E-state index contributed by atoms with van der Waals surface area (Å²) >= 11 is 0. The third-order valence-electron chi connectivity index (χ3n) is 4.32. The SMILES string of the molecule is CCC(C)C(N)C(=O)NC(CC(N)=O)C(=O)NC(CCC(N)=O)C(=O)NCC(=O)O. The standard InChI is InChI=1S/C17H30N6O7/c1-3-8(2)14(20)17(30)23-10(6-12(19)25)16(29)22-9(4-5-11(18)24)15(28)21-7-13(26)27/h8-10,14H,3-7,20H2,1-2H3,(H2,18,24)(H2,19,25)(H,21,28)(H,22,29)(H,23,30)(H,26,27). The van der Waals surface area contributed by atoms with Crippen molar-refractivity contribution in [2.75, 3.05) is 6.54 Å². The molecule has 0 fully saturated rings. The van der Waals surface area contributed by atoms with E-state index in [0.717, 1.165) is 0 Å². The lowest BCUT2D eigenvalue weighted by Gasteiger charge is -2.24. The summed E-state index contributed by atoms with van der Waals surface area (Å²) in [7, 11) is 0. The summed E-state index contributed by atoms with van der Waals surface area (Å²) in [6, 6.07) is -3.70. The molecule has 0 saturated carbocycles. The van der Waals surface area contributed by atoms with E-state index in [1.54, 1.807) is 6.92 Å². The van der Waals surface area contributed by atoms with Gasteiger partial charge in [-0.05, 0) is 12.3 Å². The van der Waals surface area contributed by atoms with Gasteiger partial charge < -0.3 is 38.3 Å². The summed E-state index contributed by atoms with van der Waals surface area (Å²) in [5, 5.41) is 15.3. The zero-order valence-electron chi connectivity index (χ0n) is 17.0. The number of aliphatic carboxylic acids is 1. The molecular formula is C17H30N6O7. The fraction of sp³-hybridized carbons (Fsp3) is 0.647. The molecule has 0 aromatic carbocycles. The van der Waals surface area contributed by atoms with E-state index in [1.165, 1.54) is 0 Å². The molecule has 0 rings (SSSR count). The molecule has 13 nitrogen and oxygen atoms in total. The maximum absolute atomic E-state index is 12.6. The van der Waals surface area contributed by atoms with Crippen LogP contribution < -0.4 is 33.2 Å². The second-order valence-electron chi connectivity index (χ2n) is 6.82. The van der Waals surface area contributed by atoms with Gasteiger partial charge in [-0.15, -0.1) is 0 Å². The molecule has 0 saturated heterocycles. The highest BCUT2D eigenvalue weighted by Crippen LogP contribution is 2.07. The van der Waals surface area contributed by atoms with Crippen molar-refractivity contribution in [2.45, 2.75) is 57.7 Å². The molecular weight excluding hydrogens is 400 g/mol. The lowest BCUT2D eigenvalue weighted by atomic mass is 9.99. The molecule has 5 amide bonds. The molecule has 170 valence electrons. The normalized spacial score (nSPS) is 14.5. The average molecular weight is 430 g/mol. The minimum Gasteiger partial charge on any atom is -0.480 e. The van der Waals surface area contributed by atoms with E-state index < -0.39 is 66.6 Å². The Hall–Kier alpha value is -3.22. The Morgan fingerprint density at radius 1 is 0.900 bits per heavy atom. The van der Waals surface area contributed by atoms with Gasteiger partial charge in [0, 0.05) is 6.42 Å². The van der Waals surface area contributed by atoms with Gasteiger partial charge in [0.2, 0.25) is 29.5 Å². The molecule has 0 spiro atoms. The maximum atomic E-state index is 12.6. The van der Waals surface area contributed by atoms with Gasteiger partial charge in [0.05, 0.1) is 12.5 Å². The van der Waals surface area contributed by atoms with E-state index in [-0.39, 0.29) is 18.8 Å². The predicted molar refractivity (Wildman–Crippen MR) is 104 cm³/mol. The van der Waals surface area contributed by atoms with Crippen LogP contribution in [0, 0.1) is 5.92 Å². The quantitative estimate of drug-likeness (QED) is 0.147. The van der Waals surface area contributed by atoms with Crippen LogP contribution in [0.15, 0.2) is 0 Å². The Kier molecular flexibility index (Phi) is 11.7. The van der Waals surface area contributed by atoms with E-state index in [2.05, 4.69) is 16.0 Å². The monoisotopic (exact) mass is 430 g/mol. The van der Waals surface area contributed by atoms with Crippen molar-refractivity contribution in [1.29, 1.82) is 0 Å². The number of carbonyl (C=O) groups is 6. The molecule has 0 aliphatic heterocycles. The molecule has 30 heavy (non-hydrogen) atoms. The third kappa shape index (κ3) is 10.4. The first kappa shape index (κ1) is 26.8. The summed E-state index contributed by atoms with van der Waals surface area (Å²) in [5.74, 6) is -5.66. The van der Waals surface area contributed by atoms with Gasteiger partial charge in [0.1, 0.15) is 18.6 Å². The van der Waals surface area contributed by atoms with Crippen molar-refractivity contribution in [3.63, 3.8) is 0 Å². The van der Waals surface area contributed by atoms with E-state index in [4.69, 9.17) is 22.3 Å². The first-order valence-electron chi connectivity index (χ1n) is 9.31. The Labute approximate surface area is 173 Å². The number of amides is 5. The lowest BCUT2D eigenvalue weighted by molar-refractivity contribution is -0.139. The zero-order chi connectivity index (χ0) is 23.4. The van der Waals surface area contributed by atoms with Gasteiger partial charge in [0.25, 0.3) is 0 Å². The lowest BCUT2D eigenvalue weighted by Crippen LogP contribution is -2.57. The summed E-state index contributed by atoms with van der Waals surface area (Å²) < 4.78 is 0. The third-order valence-corrected chi connectivity index (χ3v) is 4.32. The minimum atomic E-state index is -1.42. The van der Waals surface area contributed by atoms with E-state index in [1.807, 2.05) is 6.92 Å². The molecule has 0 bridgehead atoms. The van der Waals surface area contributed by atoms with Crippen molar-refractivity contribution >= 4 is 35.5 Å². The van der Waals surface area contributed by atoms with Gasteiger partial charge in [-0.2, -0.15) is 0 Å². The van der Waals surface area contributed by atoms with Crippen molar-refractivity contribution in [2.24, 2.45) is 23.1 Å². The first-order chi connectivity index (χ1) is 13.9. The van der Waals surface area contributed by atoms with Crippen LogP contribution in [0.4, 0.5) is 0 Å². The molecule has 0 aromatic rings. The molecule has 0 aliphatic rings. The number of hydrogen-bond acceptors (Lipinski definition) is 7. The van der Waals surface area contributed by atoms with E-state index in [0.29, 0.717) is 6.42 Å².